The van der Waals surface area contributed by atoms with Crippen molar-refractivity contribution in [1.29, 1.82) is 0 Å². The maximum atomic E-state index is 11.2. The van der Waals surface area contributed by atoms with Gasteiger partial charge >= 0.3 is 51.4 Å². The van der Waals surface area contributed by atoms with Crippen molar-refractivity contribution >= 4 is 11.9 Å². The number of hydrogen-bond donors (Lipinski definition) is 3. The number of hydrogen-bond acceptors (Lipinski definition) is 5. The Hall–Kier alpha value is 0.496. The number of carboxylic acid groups (broad SMARTS) is 1. The zero-order valence-corrected chi connectivity index (χ0v) is 12.8. The largest absolute Gasteiger partial charge is 1.00 e. The summed E-state index contributed by atoms with van der Waals surface area (Å²) >= 11 is 0. The Morgan fingerprint density at radius 3 is 2.44 bits per heavy atom. The number of rotatable bonds is 8. The maximum Gasteiger partial charge on any atom is 1.00 e. The van der Waals surface area contributed by atoms with E-state index in [-0.39, 0.29) is 70.3 Å². The summed E-state index contributed by atoms with van der Waals surface area (Å²) in [6.07, 6.45) is 2.00. The van der Waals surface area contributed by atoms with Crippen molar-refractivity contribution in [2.75, 3.05) is 13.1 Å². The topological polar surface area (TPSA) is 121 Å². The summed E-state index contributed by atoms with van der Waals surface area (Å²) in [5.74, 6) is -1.51. The number of carbonyl (C=O) groups excluding carboxylic acids is 2. The maximum absolute atomic E-state index is 11.2. The fourth-order valence-electron chi connectivity index (χ4n) is 1.06. The van der Waals surface area contributed by atoms with Gasteiger partial charge in [0.15, 0.2) is 0 Å². The van der Waals surface area contributed by atoms with Gasteiger partial charge < -0.3 is 26.7 Å². The third kappa shape index (κ3) is 11.0. The van der Waals surface area contributed by atoms with E-state index in [1.54, 1.807) is 0 Å². The molecule has 0 aromatic heterocycles. The molecule has 0 unspecified atom stereocenters. The molecule has 1 amide bonds. The average molecular weight is 255 g/mol. The second-order valence-corrected chi connectivity index (χ2v) is 3.30. The molecule has 1 atom stereocenters. The molecule has 0 aliphatic carbocycles. The van der Waals surface area contributed by atoms with Crippen LogP contribution in [0.1, 0.15) is 25.7 Å². The van der Waals surface area contributed by atoms with Gasteiger partial charge in [-0.25, -0.2) is 0 Å². The molecule has 0 rings (SSSR count). The summed E-state index contributed by atoms with van der Waals surface area (Å²) in [7, 11) is 0. The molecule has 0 heterocycles. The zero-order chi connectivity index (χ0) is 11.7. The second-order valence-electron chi connectivity index (χ2n) is 3.30. The van der Waals surface area contributed by atoms with Crippen molar-refractivity contribution in [3.63, 3.8) is 0 Å². The molecule has 0 spiro atoms. The third-order valence-corrected chi connectivity index (χ3v) is 1.93. The van der Waals surface area contributed by atoms with Gasteiger partial charge in [-0.15, -0.1) is 0 Å². The molecule has 0 fully saturated rings. The van der Waals surface area contributed by atoms with Crippen LogP contribution >= 0.6 is 0 Å². The van der Waals surface area contributed by atoms with Gasteiger partial charge in [0, 0.05) is 18.9 Å². The Morgan fingerprint density at radius 2 is 1.94 bits per heavy atom. The standard InChI is InChI=1S/C9H19N3O3.K/c10-5-2-1-3-7(11)9(15)12-6-4-8(13)14;/h7H,1-6,10-11H2,(H,12,15)(H,13,14);/q;+1/p-1/t7-;/m0./s1. The van der Waals surface area contributed by atoms with Crippen LogP contribution in [0, 0.1) is 0 Å². The fraction of sp³-hybridized carbons (Fsp3) is 0.778. The molecule has 6 nitrogen and oxygen atoms in total. The molecule has 0 aromatic rings. The first-order valence-electron chi connectivity index (χ1n) is 5.01. The van der Waals surface area contributed by atoms with Crippen LogP contribution in [-0.4, -0.2) is 31.0 Å². The van der Waals surface area contributed by atoms with Gasteiger partial charge in [0.05, 0.1) is 6.04 Å². The van der Waals surface area contributed by atoms with E-state index in [2.05, 4.69) is 5.32 Å². The number of carboxylic acids is 1. The molecule has 0 aliphatic rings. The van der Waals surface area contributed by atoms with E-state index in [1.807, 2.05) is 0 Å². The fourth-order valence-corrected chi connectivity index (χ4v) is 1.06. The minimum absolute atomic E-state index is 0. The third-order valence-electron chi connectivity index (χ3n) is 1.93. The van der Waals surface area contributed by atoms with Gasteiger partial charge in [-0.3, -0.25) is 4.79 Å². The van der Waals surface area contributed by atoms with Crippen molar-refractivity contribution in [3.05, 3.63) is 0 Å². The summed E-state index contributed by atoms with van der Waals surface area (Å²) in [6, 6.07) is -0.585. The molecule has 0 saturated heterocycles. The van der Waals surface area contributed by atoms with Crippen molar-refractivity contribution < 1.29 is 66.1 Å². The van der Waals surface area contributed by atoms with Gasteiger partial charge in [-0.1, -0.05) is 6.42 Å². The molecular weight excluding hydrogens is 237 g/mol. The van der Waals surface area contributed by atoms with Crippen molar-refractivity contribution in [3.8, 4) is 0 Å². The first-order valence-corrected chi connectivity index (χ1v) is 5.01. The van der Waals surface area contributed by atoms with Crippen molar-refractivity contribution in [2.24, 2.45) is 11.5 Å². The SMILES string of the molecule is NCCCC[C@H](N)C(=O)NCCC(=O)[O-].[K+]. The molecule has 7 heteroatoms. The molecule has 0 radical (unpaired) electrons. The van der Waals surface area contributed by atoms with Crippen LogP contribution < -0.4 is 73.3 Å². The summed E-state index contributed by atoms with van der Waals surface area (Å²) in [4.78, 5) is 21.3. The molecule has 5 N–H and O–H groups in total. The van der Waals surface area contributed by atoms with Crippen molar-refractivity contribution in [2.45, 2.75) is 31.7 Å². The van der Waals surface area contributed by atoms with Gasteiger partial charge in [0.25, 0.3) is 0 Å². The molecular formula is C9H18KN3O3. The van der Waals surface area contributed by atoms with Crippen LogP contribution in [0.3, 0.4) is 0 Å². The molecule has 16 heavy (non-hydrogen) atoms. The number of amides is 1. The summed E-state index contributed by atoms with van der Waals surface area (Å²) in [5.41, 5.74) is 10.8. The first-order chi connectivity index (χ1) is 7.07. The number of aliphatic carboxylic acids is 1. The van der Waals surface area contributed by atoms with Crippen LogP contribution in [0.25, 0.3) is 0 Å². The van der Waals surface area contributed by atoms with Crippen molar-refractivity contribution in [1.82, 2.24) is 5.32 Å². The normalized spacial score (nSPS) is 11.4. The molecule has 0 saturated carbocycles. The Kier molecular flexibility index (Phi) is 14.1. The van der Waals surface area contributed by atoms with E-state index in [4.69, 9.17) is 11.5 Å². The van der Waals surface area contributed by atoms with Gasteiger partial charge in [0.2, 0.25) is 5.91 Å². The number of carbonyl (C=O) groups is 2. The van der Waals surface area contributed by atoms with Crippen LogP contribution in [0.4, 0.5) is 0 Å². The Labute approximate surface area is 138 Å². The van der Waals surface area contributed by atoms with E-state index in [0.29, 0.717) is 13.0 Å². The monoisotopic (exact) mass is 255 g/mol. The van der Waals surface area contributed by atoms with Gasteiger partial charge in [-0.05, 0) is 19.4 Å². The minimum Gasteiger partial charge on any atom is -0.550 e. The Bertz CT molecular complexity index is 214. The molecule has 0 aromatic carbocycles. The quantitative estimate of drug-likeness (QED) is 0.295. The van der Waals surface area contributed by atoms with Crippen LogP contribution in [-0.2, 0) is 9.59 Å². The van der Waals surface area contributed by atoms with Crippen LogP contribution in [0.5, 0.6) is 0 Å². The Balaban J connectivity index is 0. The van der Waals surface area contributed by atoms with Gasteiger partial charge in [-0.2, -0.15) is 0 Å². The first kappa shape index (κ1) is 18.9. The van der Waals surface area contributed by atoms with Gasteiger partial charge in [0.1, 0.15) is 0 Å². The molecule has 0 aliphatic heterocycles. The zero-order valence-electron chi connectivity index (χ0n) is 9.70. The van der Waals surface area contributed by atoms with E-state index >= 15 is 0 Å². The van der Waals surface area contributed by atoms with E-state index in [9.17, 15) is 14.7 Å². The predicted molar refractivity (Wildman–Crippen MR) is 53.5 cm³/mol. The Morgan fingerprint density at radius 1 is 1.31 bits per heavy atom. The number of nitrogens with one attached hydrogen (secondary N) is 1. The summed E-state index contributed by atoms with van der Waals surface area (Å²) < 4.78 is 0. The molecule has 0 bridgehead atoms. The molecule has 88 valence electrons. The van der Waals surface area contributed by atoms with E-state index in [0.717, 1.165) is 12.8 Å². The minimum atomic E-state index is -1.19. The summed E-state index contributed by atoms with van der Waals surface area (Å²) in [5, 5.41) is 12.5. The predicted octanol–water partition coefficient (Wildman–Crippen LogP) is -5.30. The smallest absolute Gasteiger partial charge is 0.550 e. The average Bonchev–Trinajstić information content (AvgIpc) is 2.17. The van der Waals surface area contributed by atoms with E-state index in [1.165, 1.54) is 0 Å². The van der Waals surface area contributed by atoms with Crippen LogP contribution in [0.2, 0.25) is 0 Å². The second kappa shape index (κ2) is 12.0. The van der Waals surface area contributed by atoms with Crippen LogP contribution in [0.15, 0.2) is 0 Å². The summed E-state index contributed by atoms with van der Waals surface area (Å²) in [6.45, 7) is 0.644. The number of nitrogens with two attached hydrogens (primary N) is 2. The number of unbranched alkanes of at least 4 members (excludes halogenated alkanes) is 1. The van der Waals surface area contributed by atoms with E-state index < -0.39 is 12.0 Å².